The molecule has 1 aliphatic rings. The monoisotopic (exact) mass is 457 g/mol. The molecule has 0 saturated heterocycles. The highest BCUT2D eigenvalue weighted by molar-refractivity contribution is 5.78. The quantitative estimate of drug-likeness (QED) is 0.706. The van der Waals surface area contributed by atoms with Gasteiger partial charge in [0.15, 0.2) is 0 Å². The fourth-order valence-corrected chi connectivity index (χ4v) is 3.97. The van der Waals surface area contributed by atoms with Crippen molar-refractivity contribution in [1.29, 1.82) is 0 Å². The van der Waals surface area contributed by atoms with Crippen molar-refractivity contribution in [3.05, 3.63) is 47.8 Å². The Labute approximate surface area is 195 Å². The van der Waals surface area contributed by atoms with E-state index in [4.69, 9.17) is 4.74 Å². The summed E-state index contributed by atoms with van der Waals surface area (Å²) in [6.07, 6.45) is 2.85. The fourth-order valence-electron chi connectivity index (χ4n) is 3.97. The maximum absolute atomic E-state index is 12.9. The van der Waals surface area contributed by atoms with Gasteiger partial charge < -0.3 is 19.6 Å². The van der Waals surface area contributed by atoms with E-state index in [2.05, 4.69) is 10.3 Å². The van der Waals surface area contributed by atoms with Crippen LogP contribution in [0.3, 0.4) is 0 Å². The van der Waals surface area contributed by atoms with E-state index >= 15 is 0 Å². The third-order valence-electron chi connectivity index (χ3n) is 6.12. The van der Waals surface area contributed by atoms with Gasteiger partial charge in [-0.05, 0) is 18.9 Å². The average molecular weight is 458 g/mol. The molecule has 2 aromatic rings. The lowest BCUT2D eigenvalue weighted by Crippen LogP contribution is -2.47. The highest BCUT2D eigenvalue weighted by Gasteiger charge is 2.28. The summed E-state index contributed by atoms with van der Waals surface area (Å²) in [5.74, 6) is -0.0662. The molecule has 2 amide bonds. The van der Waals surface area contributed by atoms with Gasteiger partial charge in [-0.3, -0.25) is 14.3 Å². The molecule has 1 aliphatic heterocycles. The summed E-state index contributed by atoms with van der Waals surface area (Å²) in [4.78, 5) is 29.2. The largest absolute Gasteiger partial charge is 0.394 e. The molecule has 0 spiro atoms. The van der Waals surface area contributed by atoms with Crippen LogP contribution < -0.4 is 0 Å². The number of aromatic nitrogens is 3. The Morgan fingerprint density at radius 1 is 1.33 bits per heavy atom. The minimum absolute atomic E-state index is 0.00233. The number of fused-ring (bicyclic) bond motifs is 2. The molecule has 0 saturated carbocycles. The number of carbonyl (C=O) groups excluding carboxylic acids is 2. The Morgan fingerprint density at radius 2 is 2.09 bits per heavy atom. The van der Waals surface area contributed by atoms with E-state index in [9.17, 15) is 14.7 Å². The second-order valence-corrected chi connectivity index (χ2v) is 8.92. The minimum Gasteiger partial charge on any atom is -0.394 e. The Kier molecular flexibility index (Phi) is 8.96. The summed E-state index contributed by atoms with van der Waals surface area (Å²) in [7, 11) is 1.78. The summed E-state index contributed by atoms with van der Waals surface area (Å²) in [5, 5.41) is 18.0. The van der Waals surface area contributed by atoms with Crippen LogP contribution in [0.4, 0.5) is 0 Å². The topological polar surface area (TPSA) is 101 Å². The number of aliphatic hydroxyl groups is 1. The van der Waals surface area contributed by atoms with E-state index in [1.165, 1.54) is 0 Å². The van der Waals surface area contributed by atoms with Gasteiger partial charge in [0, 0.05) is 39.0 Å². The Bertz CT molecular complexity index is 903. The Morgan fingerprint density at radius 3 is 2.82 bits per heavy atom. The van der Waals surface area contributed by atoms with Crippen LogP contribution in [0.5, 0.6) is 0 Å². The molecule has 2 heterocycles. The molecule has 33 heavy (non-hydrogen) atoms. The Hall–Kier alpha value is -2.78. The molecule has 9 nitrogen and oxygen atoms in total. The molecular weight excluding hydrogens is 422 g/mol. The number of aliphatic hydroxyl groups excluding tert-OH is 1. The average Bonchev–Trinajstić information content (AvgIpc) is 3.27. The first kappa shape index (κ1) is 24.9. The number of carbonyl (C=O) groups is 2. The number of likely N-dealkylation sites (N-methyl/N-ethyl adjacent to an activating group) is 1. The van der Waals surface area contributed by atoms with Gasteiger partial charge in [-0.1, -0.05) is 42.5 Å². The molecule has 0 aliphatic carbocycles. The van der Waals surface area contributed by atoms with Crippen molar-refractivity contribution < 1.29 is 19.4 Å². The molecule has 180 valence electrons. The number of nitrogens with zero attached hydrogens (tertiary/aromatic N) is 5. The van der Waals surface area contributed by atoms with E-state index in [0.717, 1.165) is 11.3 Å². The van der Waals surface area contributed by atoms with Crippen molar-refractivity contribution in [2.24, 2.45) is 5.92 Å². The van der Waals surface area contributed by atoms with Gasteiger partial charge in [0.2, 0.25) is 11.8 Å². The van der Waals surface area contributed by atoms with Crippen LogP contribution in [0.15, 0.2) is 36.5 Å². The molecular formula is C24H35N5O4. The van der Waals surface area contributed by atoms with E-state index < -0.39 is 0 Å². The first-order valence-electron chi connectivity index (χ1n) is 11.6. The van der Waals surface area contributed by atoms with Crippen LogP contribution in [0.2, 0.25) is 0 Å². The number of aryl methyl sites for hydroxylation is 1. The smallest absolute Gasteiger partial charge is 0.226 e. The van der Waals surface area contributed by atoms with Gasteiger partial charge in [0.05, 0.1) is 38.0 Å². The van der Waals surface area contributed by atoms with Crippen molar-refractivity contribution in [2.75, 3.05) is 26.7 Å². The molecule has 0 fully saturated rings. The zero-order chi connectivity index (χ0) is 23.8. The zero-order valence-corrected chi connectivity index (χ0v) is 19.8. The number of benzene rings is 1. The first-order chi connectivity index (χ1) is 15.9. The number of rotatable bonds is 6. The molecule has 3 rings (SSSR count). The van der Waals surface area contributed by atoms with Gasteiger partial charge in [0.1, 0.15) is 5.69 Å². The standard InChI is InChI=1S/C24H35N5O4/c1-18-13-29(19(2)16-30)23(31)10-7-11-28-14-21(25-26-28)17-33-22(18)15-27(3)24(32)12-20-8-5-4-6-9-20/h4-6,8-9,14,18-19,22,30H,7,10-13,15-17H2,1-3H3/t18-,19+,22+/m1/s1. The van der Waals surface area contributed by atoms with Gasteiger partial charge in [0.25, 0.3) is 0 Å². The fraction of sp³-hybridized carbons (Fsp3) is 0.583. The molecule has 9 heteroatoms. The number of hydrogen-bond acceptors (Lipinski definition) is 6. The molecule has 2 bridgehead atoms. The summed E-state index contributed by atoms with van der Waals surface area (Å²) in [6, 6.07) is 9.35. The SMILES string of the molecule is C[C@@H]1CN([C@@H](C)CO)C(=O)CCCn2cc(nn2)CO[C@H]1CN(C)C(=O)Cc1ccccc1. The third kappa shape index (κ3) is 7.10. The van der Waals surface area contributed by atoms with E-state index in [0.29, 0.717) is 38.9 Å². The first-order valence-corrected chi connectivity index (χ1v) is 11.6. The third-order valence-corrected chi connectivity index (χ3v) is 6.12. The Balaban J connectivity index is 1.75. The molecule has 0 radical (unpaired) electrons. The lowest BCUT2D eigenvalue weighted by Gasteiger charge is -2.35. The van der Waals surface area contributed by atoms with E-state index in [1.807, 2.05) is 50.4 Å². The van der Waals surface area contributed by atoms with Gasteiger partial charge >= 0.3 is 0 Å². The number of amides is 2. The van der Waals surface area contributed by atoms with Gasteiger partial charge in [-0.25, -0.2) is 0 Å². The predicted octanol–water partition coefficient (Wildman–Crippen LogP) is 1.50. The maximum Gasteiger partial charge on any atom is 0.226 e. The second kappa shape index (κ2) is 11.9. The van der Waals surface area contributed by atoms with Crippen molar-refractivity contribution in [2.45, 2.75) is 58.4 Å². The summed E-state index contributed by atoms with van der Waals surface area (Å²) >= 11 is 0. The van der Waals surface area contributed by atoms with Gasteiger partial charge in [-0.2, -0.15) is 0 Å². The maximum atomic E-state index is 12.9. The predicted molar refractivity (Wildman–Crippen MR) is 123 cm³/mol. The molecule has 1 aromatic heterocycles. The van der Waals surface area contributed by atoms with Crippen LogP contribution in [-0.4, -0.2) is 80.6 Å². The lowest BCUT2D eigenvalue weighted by atomic mass is 10.0. The number of hydrogen-bond donors (Lipinski definition) is 1. The van der Waals surface area contributed by atoms with E-state index in [-0.39, 0.29) is 43.1 Å². The van der Waals surface area contributed by atoms with Crippen LogP contribution in [-0.2, 0) is 33.9 Å². The van der Waals surface area contributed by atoms with E-state index in [1.54, 1.807) is 21.5 Å². The van der Waals surface area contributed by atoms with Crippen molar-refractivity contribution in [3.63, 3.8) is 0 Å². The van der Waals surface area contributed by atoms with Crippen LogP contribution in [0, 0.1) is 5.92 Å². The van der Waals surface area contributed by atoms with Crippen molar-refractivity contribution in [1.82, 2.24) is 24.8 Å². The summed E-state index contributed by atoms with van der Waals surface area (Å²) < 4.78 is 7.94. The molecule has 0 unspecified atom stereocenters. The molecule has 1 aromatic carbocycles. The van der Waals surface area contributed by atoms with Crippen molar-refractivity contribution in [3.8, 4) is 0 Å². The zero-order valence-electron chi connectivity index (χ0n) is 19.8. The molecule has 3 atom stereocenters. The highest BCUT2D eigenvalue weighted by atomic mass is 16.5. The summed E-state index contributed by atoms with van der Waals surface area (Å²) in [5.41, 5.74) is 1.68. The van der Waals surface area contributed by atoms with Gasteiger partial charge in [-0.15, -0.1) is 5.10 Å². The highest BCUT2D eigenvalue weighted by Crippen LogP contribution is 2.18. The summed E-state index contributed by atoms with van der Waals surface area (Å²) in [6.45, 7) is 5.45. The van der Waals surface area contributed by atoms with Crippen molar-refractivity contribution >= 4 is 11.8 Å². The number of ether oxygens (including phenoxy) is 1. The lowest BCUT2D eigenvalue weighted by molar-refractivity contribution is -0.138. The minimum atomic E-state index is -0.318. The second-order valence-electron chi connectivity index (χ2n) is 8.92. The van der Waals surface area contributed by atoms with Crippen LogP contribution in [0.1, 0.15) is 37.9 Å². The van der Waals surface area contributed by atoms with Crippen LogP contribution >= 0.6 is 0 Å². The van der Waals surface area contributed by atoms with Crippen LogP contribution in [0.25, 0.3) is 0 Å². The molecule has 1 N–H and O–H groups in total. The normalized spacial score (nSPS) is 21.0.